The Balaban J connectivity index is 2.64. The lowest BCUT2D eigenvalue weighted by Crippen LogP contribution is -2.12. The van der Waals surface area contributed by atoms with Crippen molar-refractivity contribution in [2.75, 3.05) is 0 Å². The van der Waals surface area contributed by atoms with E-state index in [9.17, 15) is 18.6 Å². The second-order valence-corrected chi connectivity index (χ2v) is 7.82. The number of hydrogen-bond donors (Lipinski definition) is 2. The molecule has 0 heterocycles. The van der Waals surface area contributed by atoms with Gasteiger partial charge in [-0.25, -0.2) is 8.42 Å². The summed E-state index contributed by atoms with van der Waals surface area (Å²) in [6.45, 7) is 5.60. The highest BCUT2D eigenvalue weighted by Crippen LogP contribution is 2.39. The maximum absolute atomic E-state index is 12.5. The van der Waals surface area contributed by atoms with Crippen molar-refractivity contribution in [1.29, 1.82) is 0 Å². The summed E-state index contributed by atoms with van der Waals surface area (Å²) in [6.07, 6.45) is 0. The van der Waals surface area contributed by atoms with Crippen molar-refractivity contribution in [3.8, 4) is 11.5 Å². The molecule has 2 rings (SSSR count). The van der Waals surface area contributed by atoms with Crippen molar-refractivity contribution in [2.24, 2.45) is 0 Å². The molecule has 0 saturated carbocycles. The van der Waals surface area contributed by atoms with Crippen LogP contribution in [0.3, 0.4) is 0 Å². The van der Waals surface area contributed by atoms with E-state index in [1.54, 1.807) is 18.2 Å². The number of phenolic OH excluding ortho intramolecular Hbond substituents is 2. The summed E-state index contributed by atoms with van der Waals surface area (Å²) in [7, 11) is -3.86. The van der Waals surface area contributed by atoms with Crippen LogP contribution in [-0.2, 0) is 15.3 Å². The van der Waals surface area contributed by atoms with Crippen LogP contribution in [0.4, 0.5) is 0 Å². The molecular formula is C16H18O4S. The highest BCUT2D eigenvalue weighted by atomic mass is 32.2. The van der Waals surface area contributed by atoms with Crippen LogP contribution in [0.25, 0.3) is 0 Å². The fourth-order valence-electron chi connectivity index (χ4n) is 2.10. The second kappa shape index (κ2) is 5.07. The summed E-state index contributed by atoms with van der Waals surface area (Å²) in [5.41, 5.74) is 0.0865. The van der Waals surface area contributed by atoms with Crippen LogP contribution in [0.15, 0.2) is 52.3 Å². The average Bonchev–Trinajstić information content (AvgIpc) is 2.40. The first kappa shape index (κ1) is 15.4. The molecule has 2 N–H and O–H groups in total. The van der Waals surface area contributed by atoms with Gasteiger partial charge in [-0.05, 0) is 23.6 Å². The number of phenols is 2. The van der Waals surface area contributed by atoms with E-state index >= 15 is 0 Å². The van der Waals surface area contributed by atoms with Crippen LogP contribution < -0.4 is 0 Å². The van der Waals surface area contributed by atoms with E-state index in [1.807, 2.05) is 20.8 Å². The maximum atomic E-state index is 12.5. The van der Waals surface area contributed by atoms with Gasteiger partial charge in [-0.15, -0.1) is 0 Å². The fraction of sp³-hybridized carbons (Fsp3) is 0.250. The Labute approximate surface area is 124 Å². The van der Waals surface area contributed by atoms with Crippen LogP contribution >= 0.6 is 0 Å². The molecule has 2 aromatic rings. The van der Waals surface area contributed by atoms with Gasteiger partial charge in [0, 0.05) is 11.6 Å². The molecule has 21 heavy (non-hydrogen) atoms. The number of hydrogen-bond acceptors (Lipinski definition) is 4. The lowest BCUT2D eigenvalue weighted by molar-refractivity contribution is 0.425. The molecule has 0 aliphatic rings. The topological polar surface area (TPSA) is 74.6 Å². The summed E-state index contributed by atoms with van der Waals surface area (Å²) in [5.74, 6) is -0.503. The Morgan fingerprint density at radius 3 is 2.00 bits per heavy atom. The number of aromatic hydroxyl groups is 2. The first-order valence-electron chi connectivity index (χ1n) is 6.50. The first-order chi connectivity index (χ1) is 9.64. The number of sulfone groups is 1. The highest BCUT2D eigenvalue weighted by Gasteiger charge is 2.26. The van der Waals surface area contributed by atoms with Crippen LogP contribution in [0.2, 0.25) is 0 Å². The smallest absolute Gasteiger partial charge is 0.210 e. The molecule has 5 heteroatoms. The van der Waals surface area contributed by atoms with Crippen molar-refractivity contribution in [1.82, 2.24) is 0 Å². The highest BCUT2D eigenvalue weighted by molar-refractivity contribution is 7.91. The molecule has 0 aliphatic carbocycles. The fourth-order valence-corrected chi connectivity index (χ4v) is 3.47. The minimum Gasteiger partial charge on any atom is -0.508 e. The third-order valence-electron chi connectivity index (χ3n) is 3.23. The molecule has 4 nitrogen and oxygen atoms in total. The molecule has 0 aromatic heterocycles. The zero-order chi connectivity index (χ0) is 15.8. The largest absolute Gasteiger partial charge is 0.508 e. The second-order valence-electron chi connectivity index (χ2n) is 5.90. The standard InChI is InChI=1S/C16H18O4S/c1-16(2,3)12-9-14(18)15(10-13(12)17)21(19,20)11-7-5-4-6-8-11/h4-10,17-18H,1-3H3. The van der Waals surface area contributed by atoms with Gasteiger partial charge in [0.1, 0.15) is 16.4 Å². The summed E-state index contributed by atoms with van der Waals surface area (Å²) in [6, 6.07) is 10.2. The van der Waals surface area contributed by atoms with Gasteiger partial charge in [0.05, 0.1) is 4.90 Å². The molecular weight excluding hydrogens is 288 g/mol. The number of benzene rings is 2. The van der Waals surface area contributed by atoms with Gasteiger partial charge in [0.25, 0.3) is 0 Å². The summed E-state index contributed by atoms with van der Waals surface area (Å²) < 4.78 is 25.0. The SMILES string of the molecule is CC(C)(C)c1cc(O)c(S(=O)(=O)c2ccccc2)cc1O. The normalized spacial score (nSPS) is 12.3. The minimum absolute atomic E-state index is 0.0724. The van der Waals surface area contributed by atoms with Crippen LogP contribution in [-0.4, -0.2) is 18.6 Å². The van der Waals surface area contributed by atoms with Gasteiger partial charge in [-0.3, -0.25) is 0 Å². The molecule has 0 atom stereocenters. The molecule has 0 fully saturated rings. The van der Waals surface area contributed by atoms with Gasteiger partial charge < -0.3 is 10.2 Å². The van der Waals surface area contributed by atoms with E-state index in [0.717, 1.165) is 6.07 Å². The quantitative estimate of drug-likeness (QED) is 0.835. The van der Waals surface area contributed by atoms with Crippen molar-refractivity contribution in [3.63, 3.8) is 0 Å². The zero-order valence-electron chi connectivity index (χ0n) is 12.2. The van der Waals surface area contributed by atoms with E-state index in [1.165, 1.54) is 18.2 Å². The third-order valence-corrected chi connectivity index (χ3v) is 5.03. The molecule has 0 aliphatic heterocycles. The Morgan fingerprint density at radius 1 is 0.905 bits per heavy atom. The van der Waals surface area contributed by atoms with Gasteiger partial charge in [-0.1, -0.05) is 39.0 Å². The Bertz CT molecular complexity index is 757. The van der Waals surface area contributed by atoms with Gasteiger partial charge in [0.2, 0.25) is 9.84 Å². The summed E-state index contributed by atoms with van der Waals surface area (Å²) in [4.78, 5) is -0.220. The Kier molecular flexibility index (Phi) is 3.72. The van der Waals surface area contributed by atoms with Crippen molar-refractivity contribution in [2.45, 2.75) is 36.0 Å². The van der Waals surface area contributed by atoms with Crippen molar-refractivity contribution < 1.29 is 18.6 Å². The summed E-state index contributed by atoms with van der Waals surface area (Å²) in [5, 5.41) is 20.2. The van der Waals surface area contributed by atoms with Crippen molar-refractivity contribution >= 4 is 9.84 Å². The van der Waals surface area contributed by atoms with Gasteiger partial charge >= 0.3 is 0 Å². The molecule has 0 spiro atoms. The minimum atomic E-state index is -3.86. The summed E-state index contributed by atoms with van der Waals surface area (Å²) >= 11 is 0. The van der Waals surface area contributed by atoms with Gasteiger partial charge in [-0.2, -0.15) is 0 Å². The third kappa shape index (κ3) is 2.88. The Morgan fingerprint density at radius 2 is 1.48 bits per heavy atom. The first-order valence-corrected chi connectivity index (χ1v) is 7.99. The van der Waals surface area contributed by atoms with E-state index in [-0.39, 0.29) is 21.3 Å². The van der Waals surface area contributed by atoms with Crippen LogP contribution in [0.1, 0.15) is 26.3 Å². The van der Waals surface area contributed by atoms with Crippen LogP contribution in [0.5, 0.6) is 11.5 Å². The molecule has 0 bridgehead atoms. The molecule has 112 valence electrons. The van der Waals surface area contributed by atoms with E-state index in [0.29, 0.717) is 5.56 Å². The van der Waals surface area contributed by atoms with Crippen LogP contribution in [0, 0.1) is 0 Å². The maximum Gasteiger partial charge on any atom is 0.210 e. The zero-order valence-corrected chi connectivity index (χ0v) is 13.0. The lowest BCUT2D eigenvalue weighted by Gasteiger charge is -2.21. The van der Waals surface area contributed by atoms with Crippen molar-refractivity contribution in [3.05, 3.63) is 48.0 Å². The van der Waals surface area contributed by atoms with E-state index in [2.05, 4.69) is 0 Å². The van der Waals surface area contributed by atoms with Gasteiger partial charge in [0.15, 0.2) is 0 Å². The molecule has 2 aromatic carbocycles. The Hall–Kier alpha value is -2.01. The molecule has 0 unspecified atom stereocenters. The molecule has 0 amide bonds. The lowest BCUT2D eigenvalue weighted by atomic mass is 9.86. The predicted molar refractivity (Wildman–Crippen MR) is 80.4 cm³/mol. The molecule has 0 radical (unpaired) electrons. The molecule has 0 saturated heterocycles. The average molecular weight is 306 g/mol. The predicted octanol–water partition coefficient (Wildman–Crippen LogP) is 3.23. The number of rotatable bonds is 2. The van der Waals surface area contributed by atoms with E-state index in [4.69, 9.17) is 0 Å². The monoisotopic (exact) mass is 306 g/mol. The van der Waals surface area contributed by atoms with E-state index < -0.39 is 15.3 Å².